The normalized spacial score (nSPS) is 18.2. The first kappa shape index (κ1) is 32.9. The number of carbonyl (C=O) groups excluding carboxylic acids is 2. The molecule has 0 aromatic rings. The third kappa shape index (κ3) is 7.93. The van der Waals surface area contributed by atoms with Crippen LogP contribution in [0.2, 0.25) is 0 Å². The maximum absolute atomic E-state index is 14.0. The predicted octanol–water partition coefficient (Wildman–Crippen LogP) is 5.88. The van der Waals surface area contributed by atoms with E-state index in [1.807, 2.05) is 27.7 Å². The molecule has 1 rings (SSSR count). The summed E-state index contributed by atoms with van der Waals surface area (Å²) in [5.41, 5.74) is -3.16. The number of hydrogen-bond acceptors (Lipinski definition) is 4. The van der Waals surface area contributed by atoms with Crippen LogP contribution in [0.1, 0.15) is 139 Å². The van der Waals surface area contributed by atoms with Gasteiger partial charge in [-0.25, -0.2) is 0 Å². The van der Waals surface area contributed by atoms with Gasteiger partial charge in [0.05, 0.1) is 23.3 Å². The Kier molecular flexibility index (Phi) is 13.4. The fraction of sp³-hybridized carbons (Fsp3) is 0.933. The van der Waals surface area contributed by atoms with Gasteiger partial charge in [-0.05, 0) is 50.4 Å². The number of amides is 2. The van der Waals surface area contributed by atoms with E-state index in [4.69, 9.17) is 0 Å². The first-order valence-electron chi connectivity index (χ1n) is 14.9. The lowest BCUT2D eigenvalue weighted by Gasteiger charge is -2.44. The van der Waals surface area contributed by atoms with Crippen LogP contribution in [0.25, 0.3) is 0 Å². The monoisotopic (exact) mass is 510 g/mol. The van der Waals surface area contributed by atoms with Crippen molar-refractivity contribution in [3.8, 4) is 0 Å². The van der Waals surface area contributed by atoms with Crippen molar-refractivity contribution in [2.24, 2.45) is 17.3 Å². The minimum absolute atomic E-state index is 0.0309. The highest BCUT2D eigenvalue weighted by Gasteiger charge is 2.51. The second-order valence-corrected chi connectivity index (χ2v) is 12.2. The molecule has 0 spiro atoms. The van der Waals surface area contributed by atoms with Gasteiger partial charge in [0.1, 0.15) is 5.41 Å². The summed E-state index contributed by atoms with van der Waals surface area (Å²) in [6.07, 6.45) is 9.39. The van der Waals surface area contributed by atoms with Gasteiger partial charge >= 0.3 is 0 Å². The zero-order valence-corrected chi connectivity index (χ0v) is 24.7. The first-order chi connectivity index (χ1) is 16.9. The summed E-state index contributed by atoms with van der Waals surface area (Å²) in [6.45, 7) is 16.3. The van der Waals surface area contributed by atoms with Crippen LogP contribution in [-0.2, 0) is 9.59 Å². The molecule has 2 atom stereocenters. The maximum Gasteiger partial charge on any atom is 0.236 e. The predicted molar refractivity (Wildman–Crippen MR) is 149 cm³/mol. The molecule has 0 aromatic heterocycles. The molecular weight excluding hydrogens is 452 g/mol. The SMILES string of the molecule is CCCC(O)(CCC)[C@H](NC(=O)C1(C(=O)N[C@H](C(C)C)C(O)(CCC)CCC)CCCCC1)C(C)C. The second-order valence-electron chi connectivity index (χ2n) is 12.2. The van der Waals surface area contributed by atoms with E-state index in [0.717, 1.165) is 44.9 Å². The topological polar surface area (TPSA) is 98.7 Å². The van der Waals surface area contributed by atoms with E-state index in [0.29, 0.717) is 38.5 Å². The molecule has 1 aliphatic rings. The lowest BCUT2D eigenvalue weighted by atomic mass is 9.70. The smallest absolute Gasteiger partial charge is 0.236 e. The van der Waals surface area contributed by atoms with Crippen LogP contribution in [0.3, 0.4) is 0 Å². The van der Waals surface area contributed by atoms with Crippen LogP contribution < -0.4 is 10.6 Å². The zero-order chi connectivity index (χ0) is 27.6. The molecule has 6 heteroatoms. The van der Waals surface area contributed by atoms with E-state index < -0.39 is 28.7 Å². The van der Waals surface area contributed by atoms with Crippen molar-refractivity contribution in [1.82, 2.24) is 10.6 Å². The Hall–Kier alpha value is -1.14. The Labute approximate surface area is 221 Å². The van der Waals surface area contributed by atoms with E-state index in [1.54, 1.807) is 0 Å². The van der Waals surface area contributed by atoms with Gasteiger partial charge in [-0.15, -0.1) is 0 Å². The Morgan fingerprint density at radius 1 is 0.667 bits per heavy atom. The quantitative estimate of drug-likeness (QED) is 0.195. The average Bonchev–Trinajstić information content (AvgIpc) is 2.81. The molecule has 2 amide bonds. The molecule has 36 heavy (non-hydrogen) atoms. The number of nitrogens with one attached hydrogen (secondary N) is 2. The molecule has 1 fully saturated rings. The van der Waals surface area contributed by atoms with Crippen molar-refractivity contribution in [2.75, 3.05) is 0 Å². The summed E-state index contributed by atoms with van der Waals surface area (Å²) in [6, 6.07) is -0.843. The highest BCUT2D eigenvalue weighted by molar-refractivity contribution is 6.05. The molecule has 0 saturated heterocycles. The Balaban J connectivity index is 3.35. The summed E-state index contributed by atoms with van der Waals surface area (Å²) in [4.78, 5) is 28.1. The largest absolute Gasteiger partial charge is 0.388 e. The zero-order valence-electron chi connectivity index (χ0n) is 24.7. The lowest BCUT2D eigenvalue weighted by Crippen LogP contribution is -2.64. The van der Waals surface area contributed by atoms with Gasteiger partial charge in [-0.2, -0.15) is 0 Å². The Bertz CT molecular complexity index is 608. The van der Waals surface area contributed by atoms with Gasteiger partial charge in [0.25, 0.3) is 0 Å². The van der Waals surface area contributed by atoms with Crippen LogP contribution >= 0.6 is 0 Å². The van der Waals surface area contributed by atoms with Crippen LogP contribution in [0.15, 0.2) is 0 Å². The molecule has 212 valence electrons. The number of hydrogen-bond donors (Lipinski definition) is 4. The molecule has 1 saturated carbocycles. The highest BCUT2D eigenvalue weighted by atomic mass is 16.3. The molecule has 6 nitrogen and oxygen atoms in total. The number of carbonyl (C=O) groups is 2. The molecule has 0 aliphatic heterocycles. The van der Waals surface area contributed by atoms with Gasteiger partial charge < -0.3 is 20.8 Å². The highest BCUT2D eigenvalue weighted by Crippen LogP contribution is 2.39. The summed E-state index contributed by atoms with van der Waals surface area (Å²) in [7, 11) is 0. The van der Waals surface area contributed by atoms with Gasteiger partial charge in [0, 0.05) is 0 Å². The van der Waals surface area contributed by atoms with E-state index in [-0.39, 0.29) is 23.7 Å². The van der Waals surface area contributed by atoms with Crippen molar-refractivity contribution < 1.29 is 19.8 Å². The third-order valence-corrected chi connectivity index (χ3v) is 8.37. The fourth-order valence-electron chi connectivity index (χ4n) is 6.72. The van der Waals surface area contributed by atoms with Crippen molar-refractivity contribution in [3.63, 3.8) is 0 Å². The lowest BCUT2D eigenvalue weighted by molar-refractivity contribution is -0.151. The standard InChI is InChI=1S/C30H58N2O4/c1-9-16-29(35,17-10-2)24(22(5)6)31-26(33)28(20-14-13-15-21-28)27(34)32-25(23(7)8)30(36,18-11-3)19-12-4/h22-25,35-36H,9-21H2,1-8H3,(H,31,33)(H,32,34)/t24-,25-/m1/s1. The van der Waals surface area contributed by atoms with Crippen molar-refractivity contribution in [1.29, 1.82) is 0 Å². The first-order valence-corrected chi connectivity index (χ1v) is 14.9. The van der Waals surface area contributed by atoms with Crippen LogP contribution in [0.4, 0.5) is 0 Å². The van der Waals surface area contributed by atoms with Crippen molar-refractivity contribution in [3.05, 3.63) is 0 Å². The second kappa shape index (κ2) is 14.7. The Morgan fingerprint density at radius 3 is 1.22 bits per heavy atom. The third-order valence-electron chi connectivity index (χ3n) is 8.37. The molecular formula is C30H58N2O4. The molecule has 0 bridgehead atoms. The van der Waals surface area contributed by atoms with Gasteiger partial charge in [0.15, 0.2) is 0 Å². The minimum Gasteiger partial charge on any atom is -0.388 e. The average molecular weight is 511 g/mol. The van der Waals surface area contributed by atoms with Gasteiger partial charge in [-0.3, -0.25) is 9.59 Å². The van der Waals surface area contributed by atoms with Gasteiger partial charge in [0.2, 0.25) is 11.8 Å². The summed E-state index contributed by atoms with van der Waals surface area (Å²) >= 11 is 0. The summed E-state index contributed by atoms with van der Waals surface area (Å²) in [5, 5.41) is 29.6. The number of rotatable bonds is 16. The van der Waals surface area contributed by atoms with Crippen LogP contribution in [-0.4, -0.2) is 45.3 Å². The maximum atomic E-state index is 14.0. The molecule has 0 heterocycles. The molecule has 1 aliphatic carbocycles. The van der Waals surface area contributed by atoms with E-state index in [9.17, 15) is 19.8 Å². The molecule has 0 unspecified atom stereocenters. The molecule has 4 N–H and O–H groups in total. The van der Waals surface area contributed by atoms with Crippen molar-refractivity contribution >= 4 is 11.8 Å². The van der Waals surface area contributed by atoms with E-state index in [2.05, 4.69) is 38.3 Å². The summed E-state index contributed by atoms with van der Waals surface area (Å²) in [5.74, 6) is -0.464. The van der Waals surface area contributed by atoms with Crippen molar-refractivity contribution in [2.45, 2.75) is 162 Å². The van der Waals surface area contributed by atoms with Crippen LogP contribution in [0.5, 0.6) is 0 Å². The minimum atomic E-state index is -1.17. The molecule has 0 radical (unpaired) electrons. The van der Waals surface area contributed by atoms with Gasteiger partial charge in [-0.1, -0.05) is 100 Å². The molecule has 0 aromatic carbocycles. The summed E-state index contributed by atoms with van der Waals surface area (Å²) < 4.78 is 0. The number of aliphatic hydroxyl groups is 2. The van der Waals surface area contributed by atoms with E-state index >= 15 is 0 Å². The van der Waals surface area contributed by atoms with E-state index in [1.165, 1.54) is 0 Å². The Morgan fingerprint density at radius 2 is 0.972 bits per heavy atom. The van der Waals surface area contributed by atoms with Crippen LogP contribution in [0, 0.1) is 17.3 Å². The fourth-order valence-corrected chi connectivity index (χ4v) is 6.72.